The van der Waals surface area contributed by atoms with Crippen molar-refractivity contribution >= 4 is 16.8 Å². The van der Waals surface area contributed by atoms with Crippen LogP contribution in [0.15, 0.2) is 58.1 Å². The van der Waals surface area contributed by atoms with Gasteiger partial charge in [0.15, 0.2) is 0 Å². The Balaban J connectivity index is 1.96. The maximum absolute atomic E-state index is 13.0. The second kappa shape index (κ2) is 8.79. The minimum absolute atomic E-state index is 0.126. The first-order chi connectivity index (χ1) is 14.7. The molecule has 0 aliphatic rings. The summed E-state index contributed by atoms with van der Waals surface area (Å²) in [6.07, 6.45) is -4.23. The van der Waals surface area contributed by atoms with Gasteiger partial charge < -0.3 is 5.32 Å². The number of hydrogen-bond donors (Lipinski definition) is 1. The molecule has 164 valence electrons. The summed E-state index contributed by atoms with van der Waals surface area (Å²) >= 11 is 0. The van der Waals surface area contributed by atoms with Gasteiger partial charge in [0.1, 0.15) is 6.04 Å². The number of nitrogens with one attached hydrogen (secondary N) is 1. The first-order valence-electron chi connectivity index (χ1n) is 9.87. The standard InChI is InChI=1S/C22H22F3N3O3/c1-3-17(19(29)26-13-14-8-7-9-15(12-14)22(23,24)25)28-18-11-6-5-10-16(18)20(30)27(4-2)21(28)31/h5-12,17H,3-4,13H2,1-2H3,(H,26,29)/t17-/m0/s1. The van der Waals surface area contributed by atoms with Gasteiger partial charge in [-0.1, -0.05) is 31.2 Å². The molecule has 1 aromatic heterocycles. The largest absolute Gasteiger partial charge is 0.416 e. The van der Waals surface area contributed by atoms with Crippen LogP contribution in [0.5, 0.6) is 0 Å². The van der Waals surface area contributed by atoms with Crippen LogP contribution in [-0.2, 0) is 24.1 Å². The lowest BCUT2D eigenvalue weighted by molar-refractivity contribution is -0.137. The number of alkyl halides is 3. The molecule has 2 aromatic carbocycles. The molecular weight excluding hydrogens is 411 g/mol. The number of para-hydroxylation sites is 1. The number of aromatic nitrogens is 2. The summed E-state index contributed by atoms with van der Waals surface area (Å²) < 4.78 is 41.1. The summed E-state index contributed by atoms with van der Waals surface area (Å²) in [7, 11) is 0. The predicted molar refractivity (Wildman–Crippen MR) is 111 cm³/mol. The average Bonchev–Trinajstić information content (AvgIpc) is 2.75. The molecule has 0 aliphatic heterocycles. The van der Waals surface area contributed by atoms with E-state index in [2.05, 4.69) is 5.32 Å². The quantitative estimate of drug-likeness (QED) is 0.647. The first kappa shape index (κ1) is 22.3. The summed E-state index contributed by atoms with van der Waals surface area (Å²) in [5.74, 6) is -0.520. The van der Waals surface area contributed by atoms with Crippen LogP contribution in [0.3, 0.4) is 0 Å². The molecule has 0 aliphatic carbocycles. The molecule has 1 heterocycles. The molecule has 9 heteroatoms. The molecule has 31 heavy (non-hydrogen) atoms. The number of carbonyl (C=O) groups is 1. The van der Waals surface area contributed by atoms with Gasteiger partial charge in [0.05, 0.1) is 16.5 Å². The summed E-state index contributed by atoms with van der Waals surface area (Å²) in [6, 6.07) is 10.3. The fraction of sp³-hybridized carbons (Fsp3) is 0.318. The number of rotatable bonds is 6. The van der Waals surface area contributed by atoms with Crippen molar-refractivity contribution in [3.63, 3.8) is 0 Å². The minimum atomic E-state index is -4.48. The Hall–Kier alpha value is -3.36. The number of benzene rings is 2. The van der Waals surface area contributed by atoms with E-state index in [-0.39, 0.29) is 25.1 Å². The summed E-state index contributed by atoms with van der Waals surface area (Å²) in [5.41, 5.74) is -1.22. The summed E-state index contributed by atoms with van der Waals surface area (Å²) in [6.45, 7) is 3.40. The van der Waals surface area contributed by atoms with Crippen LogP contribution in [0.1, 0.15) is 37.4 Å². The Morgan fingerprint density at radius 1 is 1.06 bits per heavy atom. The minimum Gasteiger partial charge on any atom is -0.350 e. The molecule has 3 rings (SSSR count). The third-order valence-electron chi connectivity index (χ3n) is 5.11. The van der Waals surface area contributed by atoms with Gasteiger partial charge in [0.2, 0.25) is 5.91 Å². The second-order valence-electron chi connectivity index (χ2n) is 7.06. The van der Waals surface area contributed by atoms with Gasteiger partial charge in [-0.25, -0.2) is 4.79 Å². The molecule has 3 aromatic rings. The molecule has 6 nitrogen and oxygen atoms in total. The van der Waals surface area contributed by atoms with Crippen LogP contribution < -0.4 is 16.6 Å². The third kappa shape index (κ3) is 4.40. The van der Waals surface area contributed by atoms with Gasteiger partial charge in [-0.05, 0) is 43.2 Å². The van der Waals surface area contributed by atoms with Crippen LogP contribution in [-0.4, -0.2) is 15.0 Å². The normalized spacial score (nSPS) is 12.7. The number of halogens is 3. The monoisotopic (exact) mass is 433 g/mol. The topological polar surface area (TPSA) is 73.1 Å². The third-order valence-corrected chi connectivity index (χ3v) is 5.11. The Morgan fingerprint density at radius 2 is 1.77 bits per heavy atom. The van der Waals surface area contributed by atoms with Crippen molar-refractivity contribution in [2.45, 2.75) is 45.6 Å². The molecule has 0 saturated carbocycles. The van der Waals surface area contributed by atoms with Crippen LogP contribution in [0.25, 0.3) is 10.9 Å². The van der Waals surface area contributed by atoms with Crippen molar-refractivity contribution in [3.8, 4) is 0 Å². The Bertz CT molecular complexity index is 1230. The second-order valence-corrected chi connectivity index (χ2v) is 7.06. The van der Waals surface area contributed by atoms with E-state index in [4.69, 9.17) is 0 Å². The molecule has 0 radical (unpaired) electrons. The van der Waals surface area contributed by atoms with Crippen LogP contribution in [0.2, 0.25) is 0 Å². The molecule has 0 saturated heterocycles. The zero-order valence-electron chi connectivity index (χ0n) is 17.1. The highest BCUT2D eigenvalue weighted by molar-refractivity contribution is 5.84. The van der Waals surface area contributed by atoms with Crippen LogP contribution in [0.4, 0.5) is 13.2 Å². The fourth-order valence-corrected chi connectivity index (χ4v) is 3.56. The van der Waals surface area contributed by atoms with E-state index in [1.807, 2.05) is 0 Å². The zero-order chi connectivity index (χ0) is 22.8. The lowest BCUT2D eigenvalue weighted by atomic mass is 10.1. The van der Waals surface area contributed by atoms with Gasteiger partial charge in [-0.15, -0.1) is 0 Å². The predicted octanol–water partition coefficient (Wildman–Crippen LogP) is 3.47. The van der Waals surface area contributed by atoms with Crippen LogP contribution >= 0.6 is 0 Å². The van der Waals surface area contributed by atoms with E-state index >= 15 is 0 Å². The highest BCUT2D eigenvalue weighted by Gasteiger charge is 2.30. The molecule has 0 spiro atoms. The SMILES string of the molecule is CC[C@@H](C(=O)NCc1cccc(C(F)(F)F)c1)n1c(=O)n(CC)c(=O)c2ccccc21. The molecule has 1 amide bonds. The van der Waals surface area contributed by atoms with Crippen molar-refractivity contribution in [2.75, 3.05) is 0 Å². The van der Waals surface area contributed by atoms with Crippen molar-refractivity contribution in [1.82, 2.24) is 14.5 Å². The highest BCUT2D eigenvalue weighted by atomic mass is 19.4. The van der Waals surface area contributed by atoms with Crippen molar-refractivity contribution in [2.24, 2.45) is 0 Å². The maximum atomic E-state index is 13.0. The first-order valence-corrected chi connectivity index (χ1v) is 9.87. The molecular formula is C22H22F3N3O3. The smallest absolute Gasteiger partial charge is 0.350 e. The highest BCUT2D eigenvalue weighted by Crippen LogP contribution is 2.29. The van der Waals surface area contributed by atoms with E-state index < -0.39 is 34.9 Å². The number of fused-ring (bicyclic) bond motifs is 1. The Morgan fingerprint density at radius 3 is 2.42 bits per heavy atom. The van der Waals surface area contributed by atoms with E-state index in [1.165, 1.54) is 16.7 Å². The molecule has 0 fully saturated rings. The van der Waals surface area contributed by atoms with E-state index in [0.29, 0.717) is 10.9 Å². The van der Waals surface area contributed by atoms with Gasteiger partial charge >= 0.3 is 11.9 Å². The number of nitrogens with zero attached hydrogens (tertiary/aromatic N) is 2. The molecule has 1 N–H and O–H groups in total. The lowest BCUT2D eigenvalue weighted by Crippen LogP contribution is -2.44. The number of carbonyl (C=O) groups excluding carboxylic acids is 1. The zero-order valence-corrected chi connectivity index (χ0v) is 17.1. The molecule has 0 bridgehead atoms. The Kier molecular flexibility index (Phi) is 6.33. The fourth-order valence-electron chi connectivity index (χ4n) is 3.56. The molecule has 1 atom stereocenters. The van der Waals surface area contributed by atoms with Gasteiger partial charge in [0.25, 0.3) is 5.56 Å². The number of amides is 1. The lowest BCUT2D eigenvalue weighted by Gasteiger charge is -2.21. The number of hydrogen-bond acceptors (Lipinski definition) is 3. The van der Waals surface area contributed by atoms with E-state index in [9.17, 15) is 27.6 Å². The van der Waals surface area contributed by atoms with E-state index in [1.54, 1.807) is 38.1 Å². The van der Waals surface area contributed by atoms with Crippen molar-refractivity contribution in [1.29, 1.82) is 0 Å². The summed E-state index contributed by atoms with van der Waals surface area (Å²) in [5, 5.41) is 2.93. The van der Waals surface area contributed by atoms with Crippen LogP contribution in [0, 0.1) is 0 Å². The van der Waals surface area contributed by atoms with E-state index in [0.717, 1.165) is 16.7 Å². The Labute approximate surface area is 175 Å². The van der Waals surface area contributed by atoms with Gasteiger partial charge in [-0.3, -0.25) is 18.7 Å². The van der Waals surface area contributed by atoms with Gasteiger partial charge in [-0.2, -0.15) is 13.2 Å². The summed E-state index contributed by atoms with van der Waals surface area (Å²) in [4.78, 5) is 38.5. The van der Waals surface area contributed by atoms with Gasteiger partial charge in [0, 0.05) is 13.1 Å². The van der Waals surface area contributed by atoms with Crippen molar-refractivity contribution in [3.05, 3.63) is 80.5 Å². The maximum Gasteiger partial charge on any atom is 0.416 e. The molecule has 0 unspecified atom stereocenters. The van der Waals surface area contributed by atoms with Crippen molar-refractivity contribution < 1.29 is 18.0 Å². The average molecular weight is 433 g/mol.